The van der Waals surface area contributed by atoms with Crippen LogP contribution in [0.5, 0.6) is 11.5 Å². The summed E-state index contributed by atoms with van der Waals surface area (Å²) in [6.07, 6.45) is 1.87. The molecule has 7 heteroatoms. The second kappa shape index (κ2) is 8.91. The van der Waals surface area contributed by atoms with Crippen molar-refractivity contribution in [3.63, 3.8) is 0 Å². The highest BCUT2D eigenvalue weighted by Gasteiger charge is 2.25. The lowest BCUT2D eigenvalue weighted by atomic mass is 9.98. The van der Waals surface area contributed by atoms with Crippen molar-refractivity contribution in [3.05, 3.63) is 66.2 Å². The van der Waals surface area contributed by atoms with Gasteiger partial charge in [-0.25, -0.2) is 4.98 Å². The number of oxazole rings is 1. The molecule has 3 N–H and O–H groups in total. The molecule has 6 nitrogen and oxygen atoms in total. The lowest BCUT2D eigenvalue weighted by Gasteiger charge is -2.19. The van der Waals surface area contributed by atoms with Gasteiger partial charge in [0.25, 0.3) is 5.91 Å². The van der Waals surface area contributed by atoms with Crippen molar-refractivity contribution in [3.8, 4) is 22.8 Å². The summed E-state index contributed by atoms with van der Waals surface area (Å²) >= 11 is 0. The van der Waals surface area contributed by atoms with Gasteiger partial charge >= 0.3 is 0 Å². The summed E-state index contributed by atoms with van der Waals surface area (Å²) in [7, 11) is 0. The van der Waals surface area contributed by atoms with Gasteiger partial charge in [-0.2, -0.15) is 0 Å². The number of benzene rings is 2. The second-order valence-corrected chi connectivity index (χ2v) is 6.56. The molecule has 28 heavy (non-hydrogen) atoms. The minimum Gasteiger partial charge on any atom is -0.457 e. The minimum absolute atomic E-state index is 0. The van der Waals surface area contributed by atoms with E-state index in [2.05, 4.69) is 10.3 Å². The van der Waals surface area contributed by atoms with Crippen LogP contribution in [0.2, 0.25) is 0 Å². The van der Waals surface area contributed by atoms with Gasteiger partial charge in [0, 0.05) is 11.5 Å². The number of piperidine rings is 1. The molecule has 1 amide bonds. The monoisotopic (exact) mass is 399 g/mol. The average molecular weight is 400 g/mol. The van der Waals surface area contributed by atoms with Crippen LogP contribution >= 0.6 is 12.4 Å². The Bertz CT molecular complexity index is 920. The first-order valence-corrected chi connectivity index (χ1v) is 9.05. The number of aromatic nitrogens is 1. The molecular formula is C21H22ClN3O3. The number of nitrogens with two attached hydrogens (primary N) is 1. The lowest BCUT2D eigenvalue weighted by molar-refractivity contribution is 0.0972. The molecule has 0 bridgehead atoms. The number of primary amides is 1. The number of nitrogens with zero attached hydrogens (tertiary/aromatic N) is 1. The maximum absolute atomic E-state index is 11.9. The van der Waals surface area contributed by atoms with Crippen molar-refractivity contribution in [2.45, 2.75) is 18.8 Å². The summed E-state index contributed by atoms with van der Waals surface area (Å²) in [5.41, 5.74) is 6.78. The topological polar surface area (TPSA) is 90.4 Å². The number of ether oxygens (including phenoxy) is 1. The fourth-order valence-electron chi connectivity index (χ4n) is 3.25. The van der Waals surface area contributed by atoms with E-state index in [4.69, 9.17) is 14.9 Å². The van der Waals surface area contributed by atoms with E-state index in [1.54, 1.807) is 0 Å². The van der Waals surface area contributed by atoms with E-state index in [-0.39, 0.29) is 24.1 Å². The van der Waals surface area contributed by atoms with Crippen LogP contribution in [0.3, 0.4) is 0 Å². The van der Waals surface area contributed by atoms with Crippen LogP contribution in [0.15, 0.2) is 59.0 Å². The van der Waals surface area contributed by atoms with Gasteiger partial charge in [0.1, 0.15) is 17.2 Å². The lowest BCUT2D eigenvalue weighted by Crippen LogP contribution is -2.26. The molecule has 3 aromatic rings. The highest BCUT2D eigenvalue weighted by Crippen LogP contribution is 2.32. The van der Waals surface area contributed by atoms with Crippen LogP contribution in [0.4, 0.5) is 0 Å². The standard InChI is InChI=1S/C21H21N3O3.ClH/c22-20(25)19-18(24-21(27-19)15-10-12-23-13-11-15)14-6-8-17(9-7-14)26-16-4-2-1-3-5-16;/h1-9,15,23H,10-13H2,(H2,22,25);1H. The fourth-order valence-corrected chi connectivity index (χ4v) is 3.25. The number of halogens is 1. The van der Waals surface area contributed by atoms with Crippen molar-refractivity contribution < 1.29 is 13.9 Å². The molecule has 1 aliphatic rings. The predicted octanol–water partition coefficient (Wildman–Crippen LogP) is 4.12. The molecule has 146 valence electrons. The highest BCUT2D eigenvalue weighted by atomic mass is 35.5. The Balaban J connectivity index is 0.00000225. The molecule has 0 spiro atoms. The summed E-state index contributed by atoms with van der Waals surface area (Å²) < 4.78 is 11.6. The molecule has 0 aliphatic carbocycles. The van der Waals surface area contributed by atoms with Gasteiger partial charge in [-0.05, 0) is 62.3 Å². The van der Waals surface area contributed by atoms with Gasteiger partial charge in [0.15, 0.2) is 5.89 Å². The van der Waals surface area contributed by atoms with Crippen LogP contribution in [-0.2, 0) is 0 Å². The van der Waals surface area contributed by atoms with Gasteiger partial charge in [-0.3, -0.25) is 4.79 Å². The van der Waals surface area contributed by atoms with Gasteiger partial charge in [0.05, 0.1) is 0 Å². The maximum atomic E-state index is 11.9. The van der Waals surface area contributed by atoms with E-state index in [1.165, 1.54) is 0 Å². The first kappa shape index (κ1) is 19.9. The third-order valence-corrected chi connectivity index (χ3v) is 4.66. The summed E-state index contributed by atoms with van der Waals surface area (Å²) in [5, 5.41) is 3.31. The Morgan fingerprint density at radius 2 is 1.68 bits per heavy atom. The molecule has 1 aromatic heterocycles. The molecule has 1 aliphatic heterocycles. The van der Waals surface area contributed by atoms with E-state index in [0.29, 0.717) is 17.3 Å². The molecule has 0 unspecified atom stereocenters. The van der Waals surface area contributed by atoms with Crippen molar-refractivity contribution in [2.75, 3.05) is 13.1 Å². The van der Waals surface area contributed by atoms with E-state index in [9.17, 15) is 4.79 Å². The second-order valence-electron chi connectivity index (χ2n) is 6.56. The molecule has 0 atom stereocenters. The third kappa shape index (κ3) is 4.35. The van der Waals surface area contributed by atoms with Crippen LogP contribution in [0.1, 0.15) is 35.2 Å². The zero-order valence-corrected chi connectivity index (χ0v) is 16.1. The maximum Gasteiger partial charge on any atom is 0.286 e. The zero-order valence-electron chi connectivity index (χ0n) is 15.3. The summed E-state index contributed by atoms with van der Waals surface area (Å²) in [6, 6.07) is 16.9. The SMILES string of the molecule is Cl.NC(=O)c1oc(C2CCNCC2)nc1-c1ccc(Oc2ccccc2)cc1. The number of hydrogen-bond acceptors (Lipinski definition) is 5. The van der Waals surface area contributed by atoms with E-state index < -0.39 is 5.91 Å². The Kier molecular flexibility index (Phi) is 6.34. The van der Waals surface area contributed by atoms with Crippen LogP contribution in [-0.4, -0.2) is 24.0 Å². The Labute approximate surface area is 169 Å². The van der Waals surface area contributed by atoms with Crippen LogP contribution < -0.4 is 15.8 Å². The Morgan fingerprint density at radius 1 is 1.04 bits per heavy atom. The Morgan fingerprint density at radius 3 is 2.32 bits per heavy atom. The molecule has 4 rings (SSSR count). The third-order valence-electron chi connectivity index (χ3n) is 4.66. The smallest absolute Gasteiger partial charge is 0.286 e. The highest BCUT2D eigenvalue weighted by molar-refractivity contribution is 5.96. The van der Waals surface area contributed by atoms with Crippen molar-refractivity contribution in [1.82, 2.24) is 10.3 Å². The van der Waals surface area contributed by atoms with Gasteiger partial charge in [-0.1, -0.05) is 18.2 Å². The number of hydrogen-bond donors (Lipinski definition) is 2. The molecule has 0 saturated carbocycles. The van der Waals surface area contributed by atoms with Gasteiger partial charge in [0.2, 0.25) is 5.76 Å². The van der Waals surface area contributed by atoms with Crippen molar-refractivity contribution in [1.29, 1.82) is 0 Å². The number of amides is 1. The zero-order chi connectivity index (χ0) is 18.6. The van der Waals surface area contributed by atoms with Gasteiger partial charge < -0.3 is 20.2 Å². The molecule has 2 heterocycles. The molecule has 0 radical (unpaired) electrons. The first-order valence-electron chi connectivity index (χ1n) is 9.05. The number of para-hydroxylation sites is 1. The van der Waals surface area contributed by atoms with Crippen LogP contribution in [0, 0.1) is 0 Å². The summed E-state index contributed by atoms with van der Waals surface area (Å²) in [5.74, 6) is 1.76. The molecule has 1 saturated heterocycles. The van der Waals surface area contributed by atoms with E-state index in [0.717, 1.165) is 37.2 Å². The number of rotatable bonds is 5. The summed E-state index contributed by atoms with van der Waals surface area (Å²) in [6.45, 7) is 1.83. The normalized spacial score (nSPS) is 14.3. The molecule has 1 fully saturated rings. The summed E-state index contributed by atoms with van der Waals surface area (Å²) in [4.78, 5) is 16.5. The number of carbonyl (C=O) groups is 1. The van der Waals surface area contributed by atoms with Gasteiger partial charge in [-0.15, -0.1) is 12.4 Å². The molecule has 2 aromatic carbocycles. The number of nitrogens with one attached hydrogen (secondary N) is 1. The minimum atomic E-state index is -0.609. The van der Waals surface area contributed by atoms with E-state index >= 15 is 0 Å². The fraction of sp³-hybridized carbons (Fsp3) is 0.238. The number of carbonyl (C=O) groups excluding carboxylic acids is 1. The molecular weight excluding hydrogens is 378 g/mol. The first-order chi connectivity index (χ1) is 13.2. The average Bonchev–Trinajstić information content (AvgIpc) is 3.16. The Hall–Kier alpha value is -2.83. The van der Waals surface area contributed by atoms with Crippen molar-refractivity contribution >= 4 is 18.3 Å². The predicted molar refractivity (Wildman–Crippen MR) is 109 cm³/mol. The van der Waals surface area contributed by atoms with E-state index in [1.807, 2.05) is 54.6 Å². The quantitative estimate of drug-likeness (QED) is 0.673. The van der Waals surface area contributed by atoms with Crippen molar-refractivity contribution in [2.24, 2.45) is 5.73 Å². The largest absolute Gasteiger partial charge is 0.457 e. The van der Waals surface area contributed by atoms with Crippen LogP contribution in [0.25, 0.3) is 11.3 Å².